The van der Waals surface area contributed by atoms with Gasteiger partial charge in [-0.3, -0.25) is 24.3 Å². The van der Waals surface area contributed by atoms with Gasteiger partial charge < -0.3 is 5.32 Å². The van der Waals surface area contributed by atoms with Gasteiger partial charge in [0.1, 0.15) is 6.04 Å². The number of carbonyl (C=O) groups is 3. The van der Waals surface area contributed by atoms with Crippen LogP contribution in [0.5, 0.6) is 0 Å². The van der Waals surface area contributed by atoms with Gasteiger partial charge in [0, 0.05) is 23.3 Å². The predicted molar refractivity (Wildman–Crippen MR) is 101 cm³/mol. The van der Waals surface area contributed by atoms with E-state index in [0.29, 0.717) is 23.7 Å². The van der Waals surface area contributed by atoms with Crippen LogP contribution in [0.2, 0.25) is 0 Å². The Balaban J connectivity index is 1.46. The molecule has 3 amide bonds. The molecule has 1 N–H and O–H groups in total. The number of likely N-dealkylation sites (tertiary alicyclic amines) is 1. The molecule has 0 saturated carbocycles. The summed E-state index contributed by atoms with van der Waals surface area (Å²) >= 11 is 1.29. The third-order valence-electron chi connectivity index (χ3n) is 5.00. The van der Waals surface area contributed by atoms with Crippen molar-refractivity contribution in [3.05, 3.63) is 42.1 Å². The van der Waals surface area contributed by atoms with Crippen LogP contribution in [0.1, 0.15) is 19.8 Å². The Morgan fingerprint density at radius 3 is 2.59 bits per heavy atom. The van der Waals surface area contributed by atoms with Crippen molar-refractivity contribution < 1.29 is 14.4 Å². The number of carbonyl (C=O) groups excluding carboxylic acids is 3. The number of allylic oxidation sites excluding steroid dienone is 2. The summed E-state index contributed by atoms with van der Waals surface area (Å²) in [5, 5.41) is 4.96. The highest BCUT2D eigenvalue weighted by Gasteiger charge is 2.50. The number of pyridine rings is 1. The summed E-state index contributed by atoms with van der Waals surface area (Å²) in [4.78, 5) is 47.4. The summed E-state index contributed by atoms with van der Waals surface area (Å²) < 4.78 is 0. The molecule has 27 heavy (non-hydrogen) atoms. The van der Waals surface area contributed by atoms with Crippen molar-refractivity contribution >= 4 is 34.2 Å². The van der Waals surface area contributed by atoms with Crippen LogP contribution in [0.25, 0.3) is 11.3 Å². The number of nitrogens with zero attached hydrogens (tertiary/aromatic N) is 3. The Hall–Kier alpha value is -2.87. The average molecular weight is 382 g/mol. The first-order chi connectivity index (χ1) is 13.1. The maximum atomic E-state index is 12.6. The Bertz CT molecular complexity index is 898. The van der Waals surface area contributed by atoms with E-state index in [1.807, 2.05) is 29.7 Å². The topological polar surface area (TPSA) is 92.3 Å². The quantitative estimate of drug-likeness (QED) is 0.648. The molecule has 3 heterocycles. The number of imide groups is 1. The van der Waals surface area contributed by atoms with Crippen molar-refractivity contribution in [2.75, 3.05) is 5.32 Å². The van der Waals surface area contributed by atoms with E-state index in [-0.39, 0.29) is 23.7 Å². The van der Waals surface area contributed by atoms with Gasteiger partial charge in [0.15, 0.2) is 5.13 Å². The van der Waals surface area contributed by atoms with Crippen LogP contribution in [-0.2, 0) is 14.4 Å². The number of fused-ring (bicyclic) bond motifs is 1. The first kappa shape index (κ1) is 17.5. The van der Waals surface area contributed by atoms with Gasteiger partial charge in [-0.25, -0.2) is 4.98 Å². The van der Waals surface area contributed by atoms with E-state index >= 15 is 0 Å². The summed E-state index contributed by atoms with van der Waals surface area (Å²) in [7, 11) is 0. The monoisotopic (exact) mass is 382 g/mol. The summed E-state index contributed by atoms with van der Waals surface area (Å²) in [6.07, 6.45) is 8.34. The third kappa shape index (κ3) is 3.16. The van der Waals surface area contributed by atoms with Crippen molar-refractivity contribution in [1.29, 1.82) is 0 Å². The van der Waals surface area contributed by atoms with Crippen LogP contribution in [-0.4, -0.2) is 38.6 Å². The summed E-state index contributed by atoms with van der Waals surface area (Å²) in [6, 6.07) is 2.82. The molecule has 0 bridgehead atoms. The van der Waals surface area contributed by atoms with Gasteiger partial charge in [0.25, 0.3) is 0 Å². The lowest BCUT2D eigenvalue weighted by molar-refractivity contribution is -0.146. The molecule has 2 aliphatic rings. The first-order valence-electron chi connectivity index (χ1n) is 8.75. The van der Waals surface area contributed by atoms with Gasteiger partial charge in [0.05, 0.1) is 17.5 Å². The largest absolute Gasteiger partial charge is 0.300 e. The normalized spacial score (nSPS) is 22.6. The van der Waals surface area contributed by atoms with Gasteiger partial charge >= 0.3 is 0 Å². The second-order valence-corrected chi connectivity index (χ2v) is 7.51. The fourth-order valence-corrected chi connectivity index (χ4v) is 4.24. The zero-order valence-electron chi connectivity index (χ0n) is 14.7. The highest BCUT2D eigenvalue weighted by Crippen LogP contribution is 2.36. The number of hydrogen-bond acceptors (Lipinski definition) is 6. The molecule has 1 aliphatic carbocycles. The predicted octanol–water partition coefficient (Wildman–Crippen LogP) is 2.48. The highest BCUT2D eigenvalue weighted by atomic mass is 32.1. The minimum atomic E-state index is -0.874. The Kier molecular flexibility index (Phi) is 4.57. The number of thiazole rings is 1. The molecule has 7 nitrogen and oxygen atoms in total. The molecule has 1 aliphatic heterocycles. The molecule has 138 valence electrons. The molecule has 2 aromatic rings. The van der Waals surface area contributed by atoms with Crippen molar-refractivity contribution in [2.24, 2.45) is 11.8 Å². The lowest BCUT2D eigenvalue weighted by atomic mass is 9.85. The number of amides is 3. The molecule has 2 unspecified atom stereocenters. The van der Waals surface area contributed by atoms with Crippen LogP contribution in [0.15, 0.2) is 42.1 Å². The fraction of sp³-hybridized carbons (Fsp3) is 0.316. The van der Waals surface area contributed by atoms with E-state index in [2.05, 4.69) is 15.3 Å². The first-order valence-corrected chi connectivity index (χ1v) is 9.63. The van der Waals surface area contributed by atoms with E-state index < -0.39 is 11.9 Å². The molecule has 8 heteroatoms. The second kappa shape index (κ2) is 7.03. The molecule has 3 atom stereocenters. The maximum Gasteiger partial charge on any atom is 0.249 e. The number of aromatic nitrogens is 2. The summed E-state index contributed by atoms with van der Waals surface area (Å²) in [5.74, 6) is -1.61. The van der Waals surface area contributed by atoms with Gasteiger partial charge in [0.2, 0.25) is 17.7 Å². The molecular formula is C19H18N4O3S. The molecule has 1 saturated heterocycles. The van der Waals surface area contributed by atoms with Crippen LogP contribution in [0, 0.1) is 11.8 Å². The van der Waals surface area contributed by atoms with E-state index in [0.717, 1.165) is 10.5 Å². The molecule has 2 aromatic heterocycles. The van der Waals surface area contributed by atoms with Crippen LogP contribution < -0.4 is 5.32 Å². The minimum absolute atomic E-state index is 0.257. The zero-order chi connectivity index (χ0) is 19.0. The smallest absolute Gasteiger partial charge is 0.249 e. The van der Waals surface area contributed by atoms with Crippen LogP contribution >= 0.6 is 11.3 Å². The zero-order valence-corrected chi connectivity index (χ0v) is 15.5. The summed E-state index contributed by atoms with van der Waals surface area (Å²) in [6.45, 7) is 1.57. The van der Waals surface area contributed by atoms with Crippen molar-refractivity contribution in [3.63, 3.8) is 0 Å². The van der Waals surface area contributed by atoms with Crippen molar-refractivity contribution in [1.82, 2.24) is 14.9 Å². The lowest BCUT2D eigenvalue weighted by Gasteiger charge is -2.21. The molecule has 4 rings (SSSR count). The number of nitrogens with one attached hydrogen (secondary N) is 1. The standard InChI is InChI=1S/C19H18N4O3S/c1-11(23-17(25)13-6-2-3-7-14(13)18(23)26)16(24)22-19-21-15(10-27-19)12-5-4-8-20-9-12/h2-5,8-11,13-14H,6-7H2,1H3,(H,21,22,24)/t11-,13?,14?/m0/s1. The van der Waals surface area contributed by atoms with E-state index in [1.54, 1.807) is 19.3 Å². The molecule has 0 aromatic carbocycles. The maximum absolute atomic E-state index is 12.6. The second-order valence-electron chi connectivity index (χ2n) is 6.65. The number of rotatable bonds is 4. The highest BCUT2D eigenvalue weighted by molar-refractivity contribution is 7.14. The van der Waals surface area contributed by atoms with Crippen molar-refractivity contribution in [3.8, 4) is 11.3 Å². The van der Waals surface area contributed by atoms with Gasteiger partial charge in [-0.2, -0.15) is 0 Å². The van der Waals surface area contributed by atoms with Gasteiger partial charge in [-0.15, -0.1) is 11.3 Å². The molecular weight excluding hydrogens is 364 g/mol. The van der Waals surface area contributed by atoms with E-state index in [9.17, 15) is 14.4 Å². The average Bonchev–Trinajstić information content (AvgIpc) is 3.26. The minimum Gasteiger partial charge on any atom is -0.300 e. The summed E-state index contributed by atoms with van der Waals surface area (Å²) in [5.41, 5.74) is 1.56. The van der Waals surface area contributed by atoms with Crippen LogP contribution in [0.3, 0.4) is 0 Å². The molecule has 0 spiro atoms. The van der Waals surface area contributed by atoms with Gasteiger partial charge in [-0.05, 0) is 31.9 Å². The SMILES string of the molecule is C[C@@H](C(=O)Nc1nc(-c2cccnc2)cs1)N1C(=O)C2CC=CCC2C1=O. The number of anilines is 1. The lowest BCUT2D eigenvalue weighted by Crippen LogP contribution is -2.46. The number of hydrogen-bond donors (Lipinski definition) is 1. The molecule has 0 radical (unpaired) electrons. The van der Waals surface area contributed by atoms with Crippen molar-refractivity contribution in [2.45, 2.75) is 25.8 Å². The molecule has 1 fully saturated rings. The van der Waals surface area contributed by atoms with E-state index in [4.69, 9.17) is 0 Å². The Morgan fingerprint density at radius 2 is 1.96 bits per heavy atom. The van der Waals surface area contributed by atoms with E-state index in [1.165, 1.54) is 11.3 Å². The van der Waals surface area contributed by atoms with Crippen LogP contribution in [0.4, 0.5) is 5.13 Å². The van der Waals surface area contributed by atoms with Gasteiger partial charge in [-0.1, -0.05) is 12.2 Å². The Morgan fingerprint density at radius 1 is 1.26 bits per heavy atom. The third-order valence-corrected chi connectivity index (χ3v) is 5.76. The Labute approximate surface area is 160 Å². The fourth-order valence-electron chi connectivity index (χ4n) is 3.51.